The maximum Gasteiger partial charge on any atom is 0.125 e. The molecule has 4 heteroatoms. The molecule has 0 bridgehead atoms. The molecule has 0 saturated carbocycles. The fraction of sp³-hybridized carbons (Fsp3) is 0.267. The molecular formula is C15H17BrN2O. The van der Waals surface area contributed by atoms with E-state index in [-0.39, 0.29) is 0 Å². The molecule has 100 valence electrons. The molecule has 2 aromatic rings. The number of aromatic nitrogens is 1. The Labute approximate surface area is 122 Å². The van der Waals surface area contributed by atoms with Gasteiger partial charge in [0.1, 0.15) is 18.2 Å². The van der Waals surface area contributed by atoms with Gasteiger partial charge in [-0.2, -0.15) is 0 Å². The molecule has 0 radical (unpaired) electrons. The van der Waals surface area contributed by atoms with Crippen molar-refractivity contribution >= 4 is 21.7 Å². The van der Waals surface area contributed by atoms with Gasteiger partial charge in [-0.05, 0) is 30.7 Å². The molecular weight excluding hydrogens is 304 g/mol. The lowest BCUT2D eigenvalue weighted by molar-refractivity contribution is 0.305. The van der Waals surface area contributed by atoms with Gasteiger partial charge in [0, 0.05) is 22.8 Å². The van der Waals surface area contributed by atoms with Crippen LogP contribution < -0.4 is 10.1 Å². The number of hydrogen-bond donors (Lipinski definition) is 1. The first-order valence-corrected chi connectivity index (χ1v) is 7.14. The largest absolute Gasteiger partial charge is 0.489 e. The lowest BCUT2D eigenvalue weighted by Gasteiger charge is -2.08. The van der Waals surface area contributed by atoms with Crippen LogP contribution in [-0.4, -0.2) is 11.5 Å². The van der Waals surface area contributed by atoms with Gasteiger partial charge in [-0.1, -0.05) is 35.0 Å². The Morgan fingerprint density at radius 2 is 2.16 bits per heavy atom. The van der Waals surface area contributed by atoms with Gasteiger partial charge >= 0.3 is 0 Å². The van der Waals surface area contributed by atoms with Crippen LogP contribution in [0.25, 0.3) is 0 Å². The van der Waals surface area contributed by atoms with Gasteiger partial charge < -0.3 is 10.1 Å². The fourth-order valence-corrected chi connectivity index (χ4v) is 1.97. The molecule has 19 heavy (non-hydrogen) atoms. The summed E-state index contributed by atoms with van der Waals surface area (Å²) < 4.78 is 6.72. The van der Waals surface area contributed by atoms with Crippen molar-refractivity contribution in [3.8, 4) is 5.75 Å². The Kier molecular flexibility index (Phi) is 5.21. The topological polar surface area (TPSA) is 34.1 Å². The zero-order valence-corrected chi connectivity index (χ0v) is 12.5. The van der Waals surface area contributed by atoms with Crippen LogP contribution in [0.15, 0.2) is 47.1 Å². The summed E-state index contributed by atoms with van der Waals surface area (Å²) in [7, 11) is 0. The quantitative estimate of drug-likeness (QED) is 0.864. The molecule has 2 rings (SSSR count). The van der Waals surface area contributed by atoms with Crippen LogP contribution in [0.3, 0.4) is 0 Å². The molecule has 0 spiro atoms. The molecule has 3 nitrogen and oxygen atoms in total. The van der Waals surface area contributed by atoms with Crippen molar-refractivity contribution in [3.63, 3.8) is 0 Å². The summed E-state index contributed by atoms with van der Waals surface area (Å²) in [5.74, 6) is 1.76. The molecule has 1 aromatic carbocycles. The monoisotopic (exact) mass is 320 g/mol. The lowest BCUT2D eigenvalue weighted by Crippen LogP contribution is -2.02. The van der Waals surface area contributed by atoms with Gasteiger partial charge in [0.2, 0.25) is 0 Å². The lowest BCUT2D eigenvalue weighted by atomic mass is 10.3. The van der Waals surface area contributed by atoms with E-state index in [4.69, 9.17) is 4.74 Å². The normalized spacial score (nSPS) is 10.2. The van der Waals surface area contributed by atoms with Crippen LogP contribution in [0.1, 0.15) is 18.9 Å². The molecule has 1 aromatic heterocycles. The maximum atomic E-state index is 5.70. The van der Waals surface area contributed by atoms with E-state index >= 15 is 0 Å². The molecule has 0 aliphatic heterocycles. The second-order valence-corrected chi connectivity index (χ2v) is 5.14. The standard InChI is InChI=1S/C15H17BrN2O/c1-2-8-17-15-7-6-12(10-18-15)11-19-14-5-3-4-13(16)9-14/h3-7,9-10H,2,8,11H2,1H3,(H,17,18). The highest BCUT2D eigenvalue weighted by atomic mass is 79.9. The van der Waals surface area contributed by atoms with E-state index in [0.717, 1.165) is 34.6 Å². The van der Waals surface area contributed by atoms with Crippen molar-refractivity contribution in [2.75, 3.05) is 11.9 Å². The minimum atomic E-state index is 0.525. The number of hydrogen-bond acceptors (Lipinski definition) is 3. The minimum absolute atomic E-state index is 0.525. The van der Waals surface area contributed by atoms with Gasteiger partial charge in [0.05, 0.1) is 0 Å². The average Bonchev–Trinajstić information content (AvgIpc) is 2.44. The second kappa shape index (κ2) is 7.14. The predicted molar refractivity (Wildman–Crippen MR) is 81.5 cm³/mol. The van der Waals surface area contributed by atoms with E-state index in [2.05, 4.69) is 33.2 Å². The first-order valence-electron chi connectivity index (χ1n) is 6.35. The number of nitrogens with one attached hydrogen (secondary N) is 1. The van der Waals surface area contributed by atoms with Crippen molar-refractivity contribution in [1.29, 1.82) is 0 Å². The summed E-state index contributed by atoms with van der Waals surface area (Å²) in [6, 6.07) is 11.8. The molecule has 0 unspecified atom stereocenters. The number of pyridine rings is 1. The molecule has 0 aliphatic carbocycles. The van der Waals surface area contributed by atoms with Crippen molar-refractivity contribution in [2.24, 2.45) is 0 Å². The Balaban J connectivity index is 1.89. The highest BCUT2D eigenvalue weighted by Crippen LogP contribution is 2.19. The number of halogens is 1. The third kappa shape index (κ3) is 4.56. The fourth-order valence-electron chi connectivity index (χ4n) is 1.59. The van der Waals surface area contributed by atoms with Crippen LogP contribution in [-0.2, 0) is 6.61 Å². The summed E-state index contributed by atoms with van der Waals surface area (Å²) >= 11 is 3.42. The zero-order chi connectivity index (χ0) is 13.5. The van der Waals surface area contributed by atoms with E-state index in [0.29, 0.717) is 6.61 Å². The van der Waals surface area contributed by atoms with Gasteiger partial charge in [-0.3, -0.25) is 0 Å². The molecule has 0 amide bonds. The second-order valence-electron chi connectivity index (χ2n) is 4.22. The molecule has 0 saturated heterocycles. The number of benzene rings is 1. The average molecular weight is 321 g/mol. The Morgan fingerprint density at radius 3 is 2.84 bits per heavy atom. The van der Waals surface area contributed by atoms with Crippen LogP contribution in [0, 0.1) is 0 Å². The van der Waals surface area contributed by atoms with Crippen LogP contribution in [0.4, 0.5) is 5.82 Å². The summed E-state index contributed by atoms with van der Waals surface area (Å²) in [4.78, 5) is 4.35. The smallest absolute Gasteiger partial charge is 0.125 e. The van der Waals surface area contributed by atoms with E-state index < -0.39 is 0 Å². The number of nitrogens with zero attached hydrogens (tertiary/aromatic N) is 1. The molecule has 1 heterocycles. The Bertz CT molecular complexity index is 514. The molecule has 0 fully saturated rings. The summed E-state index contributed by atoms with van der Waals surface area (Å²) in [6.07, 6.45) is 2.94. The summed E-state index contributed by atoms with van der Waals surface area (Å²) in [5, 5.41) is 3.24. The van der Waals surface area contributed by atoms with Gasteiger partial charge in [-0.15, -0.1) is 0 Å². The summed E-state index contributed by atoms with van der Waals surface area (Å²) in [6.45, 7) is 3.60. The van der Waals surface area contributed by atoms with E-state index in [1.54, 1.807) is 0 Å². The van der Waals surface area contributed by atoms with E-state index in [1.807, 2.05) is 42.6 Å². The Morgan fingerprint density at radius 1 is 1.26 bits per heavy atom. The third-order valence-electron chi connectivity index (χ3n) is 2.58. The first kappa shape index (κ1) is 13.9. The highest BCUT2D eigenvalue weighted by molar-refractivity contribution is 9.10. The Hall–Kier alpha value is -1.55. The predicted octanol–water partition coefficient (Wildman–Crippen LogP) is 4.25. The number of rotatable bonds is 6. The number of ether oxygens (including phenoxy) is 1. The van der Waals surface area contributed by atoms with Gasteiger partial charge in [0.25, 0.3) is 0 Å². The maximum absolute atomic E-state index is 5.70. The van der Waals surface area contributed by atoms with Crippen molar-refractivity contribution in [2.45, 2.75) is 20.0 Å². The number of anilines is 1. The van der Waals surface area contributed by atoms with E-state index in [1.165, 1.54) is 0 Å². The van der Waals surface area contributed by atoms with Crippen LogP contribution in [0.2, 0.25) is 0 Å². The highest BCUT2D eigenvalue weighted by Gasteiger charge is 1.98. The third-order valence-corrected chi connectivity index (χ3v) is 3.08. The molecule has 1 N–H and O–H groups in total. The SMILES string of the molecule is CCCNc1ccc(COc2cccc(Br)c2)cn1. The van der Waals surface area contributed by atoms with Crippen molar-refractivity contribution < 1.29 is 4.74 Å². The first-order chi connectivity index (χ1) is 9.28. The summed E-state index contributed by atoms with van der Waals surface area (Å²) in [5.41, 5.74) is 1.06. The van der Waals surface area contributed by atoms with Gasteiger partial charge in [-0.25, -0.2) is 4.98 Å². The molecule has 0 atom stereocenters. The van der Waals surface area contributed by atoms with Crippen molar-refractivity contribution in [1.82, 2.24) is 4.98 Å². The zero-order valence-electron chi connectivity index (χ0n) is 10.9. The van der Waals surface area contributed by atoms with E-state index in [9.17, 15) is 0 Å². The van der Waals surface area contributed by atoms with Crippen LogP contribution in [0.5, 0.6) is 5.75 Å². The van der Waals surface area contributed by atoms with Crippen molar-refractivity contribution in [3.05, 3.63) is 52.6 Å². The molecule has 0 aliphatic rings. The minimum Gasteiger partial charge on any atom is -0.489 e. The van der Waals surface area contributed by atoms with Gasteiger partial charge in [0.15, 0.2) is 0 Å². The van der Waals surface area contributed by atoms with Crippen LogP contribution >= 0.6 is 15.9 Å².